The van der Waals surface area contributed by atoms with Gasteiger partial charge in [0, 0.05) is 11.5 Å². The van der Waals surface area contributed by atoms with Crippen molar-refractivity contribution in [2.24, 2.45) is 17.3 Å². The fraction of sp³-hybridized carbons (Fsp3) is 0.733. The van der Waals surface area contributed by atoms with Crippen molar-refractivity contribution in [2.75, 3.05) is 0 Å². The summed E-state index contributed by atoms with van der Waals surface area (Å²) < 4.78 is 0. The second kappa shape index (κ2) is 3.54. The number of fused-ring (bicyclic) bond motifs is 2. The largest absolute Gasteiger partial charge is 0.299 e. The fourth-order valence-electron chi connectivity index (χ4n) is 4.02. The molecule has 3 atom stereocenters. The molecule has 3 rings (SSSR count). The number of carbonyl (C=O) groups excluding carboxylic acids is 2. The lowest BCUT2D eigenvalue weighted by molar-refractivity contribution is -0.125. The van der Waals surface area contributed by atoms with Crippen LogP contribution < -0.4 is 0 Å². The van der Waals surface area contributed by atoms with Gasteiger partial charge in [-0.1, -0.05) is 12.5 Å². The average molecular weight is 232 g/mol. The quantitative estimate of drug-likeness (QED) is 0.696. The molecule has 2 heteroatoms. The van der Waals surface area contributed by atoms with Gasteiger partial charge in [0.25, 0.3) is 0 Å². The Morgan fingerprint density at radius 2 is 2.06 bits per heavy atom. The molecular weight excluding hydrogens is 212 g/mol. The Morgan fingerprint density at radius 3 is 2.76 bits per heavy atom. The van der Waals surface area contributed by atoms with Crippen LogP contribution in [0.2, 0.25) is 0 Å². The van der Waals surface area contributed by atoms with Crippen LogP contribution >= 0.6 is 0 Å². The summed E-state index contributed by atoms with van der Waals surface area (Å²) in [6.45, 7) is 3.71. The van der Waals surface area contributed by atoms with Gasteiger partial charge in [-0.3, -0.25) is 9.59 Å². The summed E-state index contributed by atoms with van der Waals surface area (Å²) in [4.78, 5) is 24.5. The van der Waals surface area contributed by atoms with Gasteiger partial charge >= 0.3 is 0 Å². The first-order chi connectivity index (χ1) is 8.07. The lowest BCUT2D eigenvalue weighted by atomic mass is 9.76. The van der Waals surface area contributed by atoms with Gasteiger partial charge in [0.2, 0.25) is 0 Å². The minimum atomic E-state index is -0.330. The lowest BCUT2D eigenvalue weighted by Gasteiger charge is -2.26. The van der Waals surface area contributed by atoms with Gasteiger partial charge in [0.1, 0.15) is 5.78 Å². The van der Waals surface area contributed by atoms with Crippen molar-refractivity contribution < 1.29 is 9.59 Å². The second-order valence-corrected chi connectivity index (χ2v) is 6.10. The smallest absolute Gasteiger partial charge is 0.162 e. The molecule has 0 aliphatic heterocycles. The van der Waals surface area contributed by atoms with Gasteiger partial charge in [0.15, 0.2) is 5.78 Å². The SMILES string of the molecule is CC(=O)C12CC1CCC1=C2C(=O)C(C)CCC1. The molecule has 3 unspecified atom stereocenters. The van der Waals surface area contributed by atoms with Crippen molar-refractivity contribution >= 4 is 11.6 Å². The van der Waals surface area contributed by atoms with Gasteiger partial charge in [-0.2, -0.15) is 0 Å². The number of carbonyl (C=O) groups is 2. The molecule has 2 nitrogen and oxygen atoms in total. The van der Waals surface area contributed by atoms with Gasteiger partial charge in [-0.05, 0) is 51.4 Å². The molecule has 0 amide bonds. The van der Waals surface area contributed by atoms with Gasteiger partial charge in [-0.25, -0.2) is 0 Å². The fourth-order valence-corrected chi connectivity index (χ4v) is 4.02. The maximum Gasteiger partial charge on any atom is 0.162 e. The van der Waals surface area contributed by atoms with Crippen molar-refractivity contribution in [3.05, 3.63) is 11.1 Å². The third kappa shape index (κ3) is 1.39. The maximum absolute atomic E-state index is 12.5. The number of hydrogen-bond acceptors (Lipinski definition) is 2. The van der Waals surface area contributed by atoms with Crippen molar-refractivity contribution in [2.45, 2.75) is 52.4 Å². The highest BCUT2D eigenvalue weighted by molar-refractivity contribution is 6.07. The molecule has 0 N–H and O–H groups in total. The lowest BCUT2D eigenvalue weighted by Crippen LogP contribution is -2.29. The molecule has 1 saturated carbocycles. The van der Waals surface area contributed by atoms with E-state index in [2.05, 4.69) is 0 Å². The Labute approximate surface area is 102 Å². The van der Waals surface area contributed by atoms with E-state index in [1.165, 1.54) is 5.57 Å². The highest BCUT2D eigenvalue weighted by Gasteiger charge is 2.63. The molecule has 0 spiro atoms. The summed E-state index contributed by atoms with van der Waals surface area (Å²) in [5.74, 6) is 1.12. The Morgan fingerprint density at radius 1 is 1.29 bits per heavy atom. The molecule has 3 aliphatic rings. The number of rotatable bonds is 1. The molecular formula is C15H20O2. The molecule has 0 aromatic heterocycles. The zero-order chi connectivity index (χ0) is 12.2. The Balaban J connectivity index is 2.10. The van der Waals surface area contributed by atoms with Crippen LogP contribution in [-0.4, -0.2) is 11.6 Å². The van der Waals surface area contributed by atoms with E-state index in [4.69, 9.17) is 0 Å². The Hall–Kier alpha value is -0.920. The zero-order valence-corrected chi connectivity index (χ0v) is 10.7. The molecule has 0 heterocycles. The molecule has 1 fully saturated rings. The minimum Gasteiger partial charge on any atom is -0.299 e. The van der Waals surface area contributed by atoms with Crippen LogP contribution in [0.1, 0.15) is 52.4 Å². The summed E-state index contributed by atoms with van der Waals surface area (Å²) in [6.07, 6.45) is 6.29. The summed E-state index contributed by atoms with van der Waals surface area (Å²) in [5, 5.41) is 0. The maximum atomic E-state index is 12.5. The van der Waals surface area contributed by atoms with Crippen LogP contribution in [-0.2, 0) is 9.59 Å². The van der Waals surface area contributed by atoms with E-state index in [-0.39, 0.29) is 22.9 Å². The van der Waals surface area contributed by atoms with Crippen molar-refractivity contribution in [1.29, 1.82) is 0 Å². The van der Waals surface area contributed by atoms with E-state index in [0.717, 1.165) is 44.1 Å². The normalized spacial score (nSPS) is 40.5. The van der Waals surface area contributed by atoms with Crippen LogP contribution in [0.25, 0.3) is 0 Å². The van der Waals surface area contributed by atoms with E-state index >= 15 is 0 Å². The number of allylic oxidation sites excluding steroid dienone is 2. The third-order valence-electron chi connectivity index (χ3n) is 5.14. The van der Waals surface area contributed by atoms with Crippen LogP contribution in [0.4, 0.5) is 0 Å². The van der Waals surface area contributed by atoms with Crippen LogP contribution in [0.3, 0.4) is 0 Å². The van der Waals surface area contributed by atoms with Crippen molar-refractivity contribution in [1.82, 2.24) is 0 Å². The Bertz CT molecular complexity index is 432. The standard InChI is InChI=1S/C15H20O2/c1-9-4-3-5-11-6-7-12-8-15(12,10(2)16)13(11)14(9)17/h9,12H,3-8H2,1-2H3. The van der Waals surface area contributed by atoms with Crippen LogP contribution in [0, 0.1) is 17.3 Å². The third-order valence-corrected chi connectivity index (χ3v) is 5.14. The molecule has 0 aromatic carbocycles. The van der Waals surface area contributed by atoms with E-state index < -0.39 is 0 Å². The van der Waals surface area contributed by atoms with Crippen molar-refractivity contribution in [3.8, 4) is 0 Å². The van der Waals surface area contributed by atoms with Crippen molar-refractivity contribution in [3.63, 3.8) is 0 Å². The molecule has 0 bridgehead atoms. The predicted molar refractivity (Wildman–Crippen MR) is 65.5 cm³/mol. The highest BCUT2D eigenvalue weighted by atomic mass is 16.1. The minimum absolute atomic E-state index is 0.123. The van der Waals surface area contributed by atoms with Gasteiger partial charge in [-0.15, -0.1) is 0 Å². The topological polar surface area (TPSA) is 34.1 Å². The summed E-state index contributed by atoms with van der Waals surface area (Å²) >= 11 is 0. The van der Waals surface area contributed by atoms with Gasteiger partial charge < -0.3 is 0 Å². The highest BCUT2D eigenvalue weighted by Crippen LogP contribution is 2.65. The molecule has 92 valence electrons. The first-order valence-electron chi connectivity index (χ1n) is 6.85. The molecule has 17 heavy (non-hydrogen) atoms. The molecule has 0 aromatic rings. The van der Waals surface area contributed by atoms with E-state index in [9.17, 15) is 9.59 Å². The van der Waals surface area contributed by atoms with Gasteiger partial charge in [0.05, 0.1) is 5.41 Å². The first kappa shape index (κ1) is 11.2. The zero-order valence-electron chi connectivity index (χ0n) is 10.7. The van der Waals surface area contributed by atoms with E-state index in [0.29, 0.717) is 5.92 Å². The number of Topliss-reactive ketones (excluding diaryl/α,β-unsaturated/α-hetero) is 2. The Kier molecular flexibility index (Phi) is 2.33. The monoisotopic (exact) mass is 232 g/mol. The summed E-state index contributed by atoms with van der Waals surface area (Å²) in [5.41, 5.74) is 1.96. The number of ketones is 2. The summed E-state index contributed by atoms with van der Waals surface area (Å²) in [6, 6.07) is 0. The predicted octanol–water partition coefficient (Wildman–Crippen LogP) is 3.06. The summed E-state index contributed by atoms with van der Waals surface area (Å²) in [7, 11) is 0. The van der Waals surface area contributed by atoms with E-state index in [1.807, 2.05) is 6.92 Å². The van der Waals surface area contributed by atoms with Crippen LogP contribution in [0.15, 0.2) is 11.1 Å². The van der Waals surface area contributed by atoms with E-state index in [1.54, 1.807) is 6.92 Å². The first-order valence-corrected chi connectivity index (χ1v) is 6.85. The average Bonchev–Trinajstić information content (AvgIpc) is 3.03. The molecule has 3 aliphatic carbocycles. The van der Waals surface area contributed by atoms with Crippen LogP contribution in [0.5, 0.6) is 0 Å². The molecule has 0 saturated heterocycles. The number of hydrogen-bond donors (Lipinski definition) is 0. The molecule has 0 radical (unpaired) electrons. The second-order valence-electron chi connectivity index (χ2n) is 6.10.